The number of carbonyl (C=O) groups is 1. The molecule has 1 atom stereocenters. The fraction of sp³-hybridized carbons (Fsp3) is 0.545. The Kier molecular flexibility index (Phi) is 4.92. The number of aromatic nitrogens is 2. The Bertz CT molecular complexity index is 1190. The molecular formula is C22H26FN5O4. The number of nitrogens with one attached hydrogen (secondary N) is 1. The molecule has 32 heavy (non-hydrogen) atoms. The predicted molar refractivity (Wildman–Crippen MR) is 117 cm³/mol. The quantitative estimate of drug-likeness (QED) is 0.631. The first kappa shape index (κ1) is 20.9. The zero-order valence-corrected chi connectivity index (χ0v) is 18.1. The summed E-state index contributed by atoms with van der Waals surface area (Å²) in [6.45, 7) is 3.61. The van der Waals surface area contributed by atoms with Crippen LogP contribution in [-0.4, -0.2) is 59.1 Å². The number of anilines is 1. The van der Waals surface area contributed by atoms with Gasteiger partial charge in [-0.05, 0) is 31.7 Å². The average molecular weight is 443 g/mol. The molecule has 3 aliphatic rings. The van der Waals surface area contributed by atoms with E-state index in [0.29, 0.717) is 31.3 Å². The molecule has 9 nitrogen and oxygen atoms in total. The van der Waals surface area contributed by atoms with Crippen LogP contribution in [0, 0.1) is 11.2 Å². The SMILES string of the molecule is CO/N=C1/CN(c2nc3c(cc2F)c(=O)c(C(=O)O)cn3C2CC2)CC1(C)CNC1CC1. The Labute approximate surface area is 183 Å². The highest BCUT2D eigenvalue weighted by Crippen LogP contribution is 2.38. The molecule has 5 rings (SSSR count). The highest BCUT2D eigenvalue weighted by molar-refractivity contribution is 5.97. The molecule has 2 N–H and O–H groups in total. The molecule has 170 valence electrons. The van der Waals surface area contributed by atoms with Gasteiger partial charge in [-0.2, -0.15) is 0 Å². The Balaban J connectivity index is 1.57. The van der Waals surface area contributed by atoms with E-state index in [1.54, 1.807) is 4.57 Å². The van der Waals surface area contributed by atoms with Crippen LogP contribution < -0.4 is 15.6 Å². The number of halogens is 1. The topological polar surface area (TPSA) is 109 Å². The van der Waals surface area contributed by atoms with Crippen molar-refractivity contribution in [3.8, 4) is 0 Å². The second-order valence-electron chi connectivity index (χ2n) is 9.27. The van der Waals surface area contributed by atoms with Crippen LogP contribution in [0.25, 0.3) is 11.0 Å². The summed E-state index contributed by atoms with van der Waals surface area (Å²) >= 11 is 0. The van der Waals surface area contributed by atoms with Crippen LogP contribution in [0.3, 0.4) is 0 Å². The average Bonchev–Trinajstić information content (AvgIpc) is 3.66. The number of rotatable bonds is 7. The number of hydrogen-bond donors (Lipinski definition) is 2. The number of aromatic carboxylic acids is 1. The second kappa shape index (κ2) is 7.54. The molecule has 10 heteroatoms. The van der Waals surface area contributed by atoms with E-state index in [0.717, 1.165) is 37.5 Å². The number of carboxylic acids is 1. The van der Waals surface area contributed by atoms with E-state index in [1.165, 1.54) is 13.3 Å². The molecule has 2 aromatic heterocycles. The first-order chi connectivity index (χ1) is 15.3. The third-order valence-electron chi connectivity index (χ3n) is 6.55. The van der Waals surface area contributed by atoms with Gasteiger partial charge in [0.15, 0.2) is 11.6 Å². The van der Waals surface area contributed by atoms with Crippen molar-refractivity contribution in [2.75, 3.05) is 31.6 Å². The van der Waals surface area contributed by atoms with Crippen LogP contribution >= 0.6 is 0 Å². The number of pyridine rings is 2. The molecule has 3 heterocycles. The first-order valence-corrected chi connectivity index (χ1v) is 10.9. The lowest BCUT2D eigenvalue weighted by Gasteiger charge is -2.25. The molecule has 3 fully saturated rings. The van der Waals surface area contributed by atoms with Crippen molar-refractivity contribution in [1.82, 2.24) is 14.9 Å². The van der Waals surface area contributed by atoms with Crippen LogP contribution in [0.15, 0.2) is 22.2 Å². The molecule has 0 spiro atoms. The summed E-state index contributed by atoms with van der Waals surface area (Å²) in [5.41, 5.74) is -0.328. The van der Waals surface area contributed by atoms with Gasteiger partial charge in [0.25, 0.3) is 0 Å². The van der Waals surface area contributed by atoms with Gasteiger partial charge in [0.1, 0.15) is 18.3 Å². The summed E-state index contributed by atoms with van der Waals surface area (Å²) < 4.78 is 16.9. The maximum Gasteiger partial charge on any atom is 0.341 e. The zero-order chi connectivity index (χ0) is 22.6. The lowest BCUT2D eigenvalue weighted by atomic mass is 9.88. The summed E-state index contributed by atoms with van der Waals surface area (Å²) in [6, 6.07) is 1.71. The fourth-order valence-electron chi connectivity index (χ4n) is 4.40. The maximum atomic E-state index is 15.2. The Hall–Kier alpha value is -3.01. The van der Waals surface area contributed by atoms with Crippen molar-refractivity contribution >= 4 is 28.5 Å². The van der Waals surface area contributed by atoms with Crippen molar-refractivity contribution in [3.05, 3.63) is 33.9 Å². The van der Waals surface area contributed by atoms with Gasteiger partial charge in [-0.1, -0.05) is 12.1 Å². The maximum absolute atomic E-state index is 15.2. The minimum atomic E-state index is -1.32. The molecule has 0 amide bonds. The number of oxime groups is 1. The minimum Gasteiger partial charge on any atom is -0.477 e. The van der Waals surface area contributed by atoms with Gasteiger partial charge < -0.3 is 24.7 Å². The number of carboxylic acid groups (broad SMARTS) is 1. The molecule has 1 aliphatic heterocycles. The summed E-state index contributed by atoms with van der Waals surface area (Å²) in [5.74, 6) is -1.85. The van der Waals surface area contributed by atoms with Gasteiger partial charge >= 0.3 is 5.97 Å². The smallest absolute Gasteiger partial charge is 0.341 e. The number of fused-ring (bicyclic) bond motifs is 1. The van der Waals surface area contributed by atoms with Crippen molar-refractivity contribution in [3.63, 3.8) is 0 Å². The summed E-state index contributed by atoms with van der Waals surface area (Å²) in [4.78, 5) is 35.6. The Morgan fingerprint density at radius 2 is 2.16 bits per heavy atom. The van der Waals surface area contributed by atoms with Gasteiger partial charge in [0, 0.05) is 36.8 Å². The molecule has 1 unspecified atom stereocenters. The Morgan fingerprint density at radius 3 is 2.78 bits per heavy atom. The van der Waals surface area contributed by atoms with Crippen LogP contribution in [0.5, 0.6) is 0 Å². The second-order valence-corrected chi connectivity index (χ2v) is 9.27. The minimum absolute atomic E-state index is 0.0128. The van der Waals surface area contributed by atoms with Crippen LogP contribution in [0.4, 0.5) is 10.2 Å². The largest absolute Gasteiger partial charge is 0.477 e. The summed E-state index contributed by atoms with van der Waals surface area (Å²) in [7, 11) is 1.49. The lowest BCUT2D eigenvalue weighted by Crippen LogP contribution is -2.39. The normalized spacial score (nSPS) is 24.5. The fourth-order valence-corrected chi connectivity index (χ4v) is 4.40. The highest BCUT2D eigenvalue weighted by atomic mass is 19.1. The first-order valence-electron chi connectivity index (χ1n) is 10.9. The van der Waals surface area contributed by atoms with Gasteiger partial charge in [-0.25, -0.2) is 14.2 Å². The van der Waals surface area contributed by atoms with E-state index in [-0.39, 0.29) is 28.2 Å². The van der Waals surface area contributed by atoms with Crippen LogP contribution in [0.1, 0.15) is 49.0 Å². The van der Waals surface area contributed by atoms with Gasteiger partial charge in [0.2, 0.25) is 5.43 Å². The third-order valence-corrected chi connectivity index (χ3v) is 6.55. The lowest BCUT2D eigenvalue weighted by molar-refractivity contribution is 0.0695. The predicted octanol–water partition coefficient (Wildman–Crippen LogP) is 2.15. The van der Waals surface area contributed by atoms with Crippen molar-refractivity contribution in [2.45, 2.75) is 44.7 Å². The number of hydrogen-bond acceptors (Lipinski definition) is 7. The van der Waals surface area contributed by atoms with Gasteiger partial charge in [0.05, 0.1) is 17.6 Å². The summed E-state index contributed by atoms with van der Waals surface area (Å²) in [6.07, 6.45) is 5.39. The Morgan fingerprint density at radius 1 is 1.41 bits per heavy atom. The standard InChI is InChI=1S/C22H26FN5O4/c1-22(10-24-12-3-4-12)11-27(9-17(22)26-32-2)20-16(23)7-14-18(29)15(21(30)31)8-28(13-5-6-13)19(14)25-20/h7-8,12-13,24H,3-6,9-11H2,1-2H3,(H,30,31)/b26-17-. The summed E-state index contributed by atoms with van der Waals surface area (Å²) in [5, 5.41) is 17.1. The third kappa shape index (κ3) is 3.62. The monoisotopic (exact) mass is 443 g/mol. The van der Waals surface area contributed by atoms with Gasteiger partial charge in [-0.3, -0.25) is 4.79 Å². The molecule has 0 bridgehead atoms. The van der Waals surface area contributed by atoms with Crippen LogP contribution in [-0.2, 0) is 4.84 Å². The van der Waals surface area contributed by atoms with E-state index in [2.05, 4.69) is 22.4 Å². The van der Waals surface area contributed by atoms with E-state index in [1.807, 2.05) is 4.90 Å². The van der Waals surface area contributed by atoms with Crippen LogP contribution in [0.2, 0.25) is 0 Å². The molecule has 2 aliphatic carbocycles. The van der Waals surface area contributed by atoms with E-state index in [4.69, 9.17) is 4.84 Å². The van der Waals surface area contributed by atoms with E-state index < -0.39 is 17.2 Å². The van der Waals surface area contributed by atoms with E-state index >= 15 is 4.39 Å². The van der Waals surface area contributed by atoms with Crippen molar-refractivity contribution in [2.24, 2.45) is 10.6 Å². The number of nitrogens with zero attached hydrogens (tertiary/aromatic N) is 4. The van der Waals surface area contributed by atoms with Crippen molar-refractivity contribution < 1.29 is 19.1 Å². The van der Waals surface area contributed by atoms with Crippen molar-refractivity contribution in [1.29, 1.82) is 0 Å². The molecule has 2 saturated carbocycles. The van der Waals surface area contributed by atoms with Gasteiger partial charge in [-0.15, -0.1) is 0 Å². The molecule has 2 aromatic rings. The van der Waals surface area contributed by atoms with E-state index in [9.17, 15) is 14.7 Å². The zero-order valence-electron chi connectivity index (χ0n) is 18.1. The molecular weight excluding hydrogens is 417 g/mol. The molecule has 0 aromatic carbocycles. The molecule has 1 saturated heterocycles. The highest BCUT2D eigenvalue weighted by Gasteiger charge is 2.43. The molecule has 0 radical (unpaired) electrons.